The molecule has 0 unspecified atom stereocenters. The summed E-state index contributed by atoms with van der Waals surface area (Å²) in [6.07, 6.45) is 5.67. The SMILES string of the molecule is Cc1ncc(CNc2cccc3nccn23)s1. The van der Waals surface area contributed by atoms with E-state index in [1.165, 1.54) is 4.88 Å². The van der Waals surface area contributed by atoms with Crippen LogP contribution in [-0.4, -0.2) is 14.4 Å². The van der Waals surface area contributed by atoms with Gasteiger partial charge in [-0.2, -0.15) is 0 Å². The maximum Gasteiger partial charge on any atom is 0.138 e. The van der Waals surface area contributed by atoms with Crippen LogP contribution in [0.5, 0.6) is 0 Å². The number of fused-ring (bicyclic) bond motifs is 1. The lowest BCUT2D eigenvalue weighted by Crippen LogP contribution is -2.02. The Morgan fingerprint density at radius 3 is 3.12 bits per heavy atom. The van der Waals surface area contributed by atoms with Gasteiger partial charge in [-0.1, -0.05) is 6.07 Å². The van der Waals surface area contributed by atoms with Gasteiger partial charge in [0.25, 0.3) is 0 Å². The summed E-state index contributed by atoms with van der Waals surface area (Å²) >= 11 is 1.72. The molecule has 0 atom stereocenters. The molecule has 3 aromatic rings. The molecule has 0 spiro atoms. The standard InChI is InChI=1S/C12H12N4S/c1-9-14-7-10(17-9)8-15-12-4-2-3-11-13-5-6-16(11)12/h2-7,15H,8H2,1H3. The van der Waals surface area contributed by atoms with Crippen LogP contribution in [0.1, 0.15) is 9.88 Å². The summed E-state index contributed by atoms with van der Waals surface area (Å²) in [6, 6.07) is 6.03. The van der Waals surface area contributed by atoms with E-state index >= 15 is 0 Å². The molecule has 5 heteroatoms. The fourth-order valence-corrected chi connectivity index (χ4v) is 2.49. The molecule has 0 fully saturated rings. The molecule has 0 aliphatic heterocycles. The van der Waals surface area contributed by atoms with Crippen molar-refractivity contribution in [1.29, 1.82) is 0 Å². The third-order valence-electron chi connectivity index (χ3n) is 2.54. The van der Waals surface area contributed by atoms with Crippen LogP contribution in [0.15, 0.2) is 36.8 Å². The first kappa shape index (κ1) is 10.3. The van der Waals surface area contributed by atoms with Crippen LogP contribution >= 0.6 is 11.3 Å². The maximum absolute atomic E-state index is 4.25. The summed E-state index contributed by atoms with van der Waals surface area (Å²) in [7, 11) is 0. The lowest BCUT2D eigenvalue weighted by Gasteiger charge is -2.07. The topological polar surface area (TPSA) is 42.2 Å². The fourth-order valence-electron chi connectivity index (χ4n) is 1.76. The van der Waals surface area contributed by atoms with E-state index in [1.54, 1.807) is 17.5 Å². The van der Waals surface area contributed by atoms with Crippen molar-refractivity contribution in [2.75, 3.05) is 5.32 Å². The highest BCUT2D eigenvalue weighted by atomic mass is 32.1. The van der Waals surface area contributed by atoms with E-state index in [2.05, 4.69) is 15.3 Å². The third kappa shape index (κ3) is 2.01. The molecule has 0 saturated carbocycles. The summed E-state index contributed by atoms with van der Waals surface area (Å²) in [5.41, 5.74) is 0.954. The van der Waals surface area contributed by atoms with Crippen LogP contribution in [0.4, 0.5) is 5.82 Å². The van der Waals surface area contributed by atoms with Crippen LogP contribution in [0.25, 0.3) is 5.65 Å². The quantitative estimate of drug-likeness (QED) is 0.770. The molecule has 0 aliphatic carbocycles. The number of aryl methyl sites for hydroxylation is 1. The Hall–Kier alpha value is -1.88. The van der Waals surface area contributed by atoms with Gasteiger partial charge in [0.15, 0.2) is 0 Å². The minimum Gasteiger partial charge on any atom is -0.366 e. The molecule has 3 aromatic heterocycles. The van der Waals surface area contributed by atoms with Crippen LogP contribution < -0.4 is 5.32 Å². The smallest absolute Gasteiger partial charge is 0.138 e. The number of rotatable bonds is 3. The normalized spacial score (nSPS) is 10.9. The highest BCUT2D eigenvalue weighted by molar-refractivity contribution is 7.11. The molecule has 1 N–H and O–H groups in total. The van der Waals surface area contributed by atoms with Gasteiger partial charge in [-0.15, -0.1) is 11.3 Å². The van der Waals surface area contributed by atoms with Gasteiger partial charge in [0, 0.05) is 23.5 Å². The molecular formula is C12H12N4S. The zero-order valence-corrected chi connectivity index (χ0v) is 10.2. The van der Waals surface area contributed by atoms with Crippen LogP contribution in [-0.2, 0) is 6.54 Å². The lowest BCUT2D eigenvalue weighted by atomic mass is 10.4. The number of nitrogens with one attached hydrogen (secondary N) is 1. The van der Waals surface area contributed by atoms with Gasteiger partial charge >= 0.3 is 0 Å². The van der Waals surface area contributed by atoms with E-state index in [0.717, 1.165) is 23.0 Å². The number of anilines is 1. The van der Waals surface area contributed by atoms with Crippen molar-refractivity contribution in [3.05, 3.63) is 46.7 Å². The Morgan fingerprint density at radius 2 is 2.29 bits per heavy atom. The van der Waals surface area contributed by atoms with Crippen molar-refractivity contribution in [2.24, 2.45) is 0 Å². The van der Waals surface area contributed by atoms with Gasteiger partial charge in [0.2, 0.25) is 0 Å². The van der Waals surface area contributed by atoms with E-state index in [9.17, 15) is 0 Å². The molecule has 4 nitrogen and oxygen atoms in total. The van der Waals surface area contributed by atoms with Gasteiger partial charge in [0.05, 0.1) is 11.6 Å². The molecule has 0 amide bonds. The van der Waals surface area contributed by atoms with Gasteiger partial charge in [0.1, 0.15) is 11.5 Å². The van der Waals surface area contributed by atoms with Gasteiger partial charge in [-0.25, -0.2) is 9.97 Å². The van der Waals surface area contributed by atoms with E-state index in [1.807, 2.05) is 41.9 Å². The van der Waals surface area contributed by atoms with Gasteiger partial charge in [-0.3, -0.25) is 4.40 Å². The molecule has 0 bridgehead atoms. The van der Waals surface area contributed by atoms with Gasteiger partial charge in [-0.05, 0) is 19.1 Å². The van der Waals surface area contributed by atoms with Crippen molar-refractivity contribution in [3.63, 3.8) is 0 Å². The monoisotopic (exact) mass is 244 g/mol. The molecule has 3 rings (SSSR count). The van der Waals surface area contributed by atoms with Crippen molar-refractivity contribution in [3.8, 4) is 0 Å². The lowest BCUT2D eigenvalue weighted by molar-refractivity contribution is 1.09. The fraction of sp³-hybridized carbons (Fsp3) is 0.167. The van der Waals surface area contributed by atoms with Crippen molar-refractivity contribution < 1.29 is 0 Å². The van der Waals surface area contributed by atoms with E-state index in [-0.39, 0.29) is 0 Å². The Balaban J connectivity index is 1.83. The minimum atomic E-state index is 0.794. The average Bonchev–Trinajstić information content (AvgIpc) is 2.94. The van der Waals surface area contributed by atoms with Crippen molar-refractivity contribution in [1.82, 2.24) is 14.4 Å². The highest BCUT2D eigenvalue weighted by Crippen LogP contribution is 2.15. The van der Waals surface area contributed by atoms with E-state index < -0.39 is 0 Å². The second-order valence-corrected chi connectivity index (χ2v) is 5.08. The third-order valence-corrected chi connectivity index (χ3v) is 3.45. The second-order valence-electron chi connectivity index (χ2n) is 3.77. The second kappa shape index (κ2) is 4.18. The van der Waals surface area contributed by atoms with Gasteiger partial charge < -0.3 is 5.32 Å². The number of imidazole rings is 1. The zero-order valence-electron chi connectivity index (χ0n) is 9.42. The molecule has 17 heavy (non-hydrogen) atoms. The minimum absolute atomic E-state index is 0.794. The first-order valence-electron chi connectivity index (χ1n) is 5.40. The van der Waals surface area contributed by atoms with Crippen LogP contribution in [0, 0.1) is 6.92 Å². The molecule has 0 aliphatic rings. The summed E-state index contributed by atoms with van der Waals surface area (Å²) in [5, 5.41) is 4.50. The first-order valence-corrected chi connectivity index (χ1v) is 6.22. The van der Waals surface area contributed by atoms with Crippen molar-refractivity contribution in [2.45, 2.75) is 13.5 Å². The Labute approximate surface area is 103 Å². The number of hydrogen-bond acceptors (Lipinski definition) is 4. The number of hydrogen-bond donors (Lipinski definition) is 1. The number of pyridine rings is 1. The Kier molecular flexibility index (Phi) is 2.53. The highest BCUT2D eigenvalue weighted by Gasteiger charge is 2.01. The summed E-state index contributed by atoms with van der Waals surface area (Å²) < 4.78 is 2.04. The Bertz CT molecular complexity index is 641. The van der Waals surface area contributed by atoms with Crippen molar-refractivity contribution >= 4 is 22.8 Å². The number of thiazole rings is 1. The number of nitrogens with zero attached hydrogens (tertiary/aromatic N) is 3. The maximum atomic E-state index is 4.25. The molecule has 0 saturated heterocycles. The van der Waals surface area contributed by atoms with E-state index in [4.69, 9.17) is 0 Å². The number of aromatic nitrogens is 3. The summed E-state index contributed by atoms with van der Waals surface area (Å²) in [5.74, 6) is 1.05. The average molecular weight is 244 g/mol. The molecule has 0 aromatic carbocycles. The first-order chi connectivity index (χ1) is 8.33. The van der Waals surface area contributed by atoms with Crippen LogP contribution in [0.2, 0.25) is 0 Å². The molecule has 0 radical (unpaired) electrons. The molecule has 3 heterocycles. The molecule has 86 valence electrons. The summed E-state index contributed by atoms with van der Waals surface area (Å²) in [6.45, 7) is 2.81. The largest absolute Gasteiger partial charge is 0.366 e. The van der Waals surface area contributed by atoms with E-state index in [0.29, 0.717) is 0 Å². The predicted octanol–water partition coefficient (Wildman–Crippen LogP) is 2.71. The predicted molar refractivity (Wildman–Crippen MR) is 69.4 cm³/mol. The molecular weight excluding hydrogens is 232 g/mol. The van der Waals surface area contributed by atoms with Crippen LogP contribution in [0.3, 0.4) is 0 Å². The Morgan fingerprint density at radius 1 is 1.35 bits per heavy atom. The summed E-state index contributed by atoms with van der Waals surface area (Å²) in [4.78, 5) is 9.73. The zero-order chi connectivity index (χ0) is 11.7.